The predicted molar refractivity (Wildman–Crippen MR) is 82.8 cm³/mol. The van der Waals surface area contributed by atoms with E-state index in [2.05, 4.69) is 22.0 Å². The first-order valence-corrected chi connectivity index (χ1v) is 7.60. The highest BCUT2D eigenvalue weighted by molar-refractivity contribution is 5.56. The van der Waals surface area contributed by atoms with E-state index in [0.717, 1.165) is 44.0 Å². The Labute approximate surface area is 121 Å². The fourth-order valence-electron chi connectivity index (χ4n) is 2.90. The summed E-state index contributed by atoms with van der Waals surface area (Å²) in [7, 11) is 1.88. The van der Waals surface area contributed by atoms with Crippen LogP contribution in [0.2, 0.25) is 0 Å². The molecule has 1 N–H and O–H groups in total. The zero-order valence-electron chi connectivity index (χ0n) is 12.8. The quantitative estimate of drug-likeness (QED) is 0.894. The lowest BCUT2D eigenvalue weighted by molar-refractivity contribution is 0.258. The van der Waals surface area contributed by atoms with Crippen LogP contribution in [0.4, 0.5) is 10.1 Å². The normalized spacial score (nSPS) is 18.3. The molecule has 0 aromatic heterocycles. The molecule has 0 bridgehead atoms. The van der Waals surface area contributed by atoms with E-state index in [4.69, 9.17) is 0 Å². The molecule has 0 saturated carbocycles. The molecule has 3 nitrogen and oxygen atoms in total. The first-order chi connectivity index (χ1) is 9.67. The van der Waals surface area contributed by atoms with Gasteiger partial charge < -0.3 is 10.2 Å². The molecule has 1 aromatic rings. The summed E-state index contributed by atoms with van der Waals surface area (Å²) in [5.41, 5.74) is 1.84. The molecule has 1 heterocycles. The molecule has 1 atom stereocenters. The zero-order valence-corrected chi connectivity index (χ0v) is 12.8. The van der Waals surface area contributed by atoms with Crippen molar-refractivity contribution in [2.75, 3.05) is 44.7 Å². The first-order valence-electron chi connectivity index (χ1n) is 7.60. The second-order valence-electron chi connectivity index (χ2n) is 5.51. The Kier molecular flexibility index (Phi) is 5.38. The van der Waals surface area contributed by atoms with Crippen molar-refractivity contribution in [3.8, 4) is 0 Å². The van der Waals surface area contributed by atoms with Crippen molar-refractivity contribution in [2.45, 2.75) is 26.3 Å². The largest absolute Gasteiger partial charge is 0.369 e. The molecule has 0 spiro atoms. The zero-order chi connectivity index (χ0) is 14.5. The number of benzene rings is 1. The van der Waals surface area contributed by atoms with Crippen molar-refractivity contribution < 1.29 is 4.39 Å². The van der Waals surface area contributed by atoms with Crippen molar-refractivity contribution in [1.29, 1.82) is 0 Å². The smallest absolute Gasteiger partial charge is 0.130 e. The maximum Gasteiger partial charge on any atom is 0.130 e. The minimum Gasteiger partial charge on any atom is -0.369 e. The third-order valence-electron chi connectivity index (χ3n) is 4.15. The molecule has 112 valence electrons. The monoisotopic (exact) mass is 279 g/mol. The number of piperazine rings is 1. The number of hydrogen-bond donors (Lipinski definition) is 1. The molecule has 0 aliphatic carbocycles. The van der Waals surface area contributed by atoms with Gasteiger partial charge in [-0.2, -0.15) is 0 Å². The number of nitrogens with zero attached hydrogens (tertiary/aromatic N) is 2. The summed E-state index contributed by atoms with van der Waals surface area (Å²) in [5.74, 6) is -0.111. The van der Waals surface area contributed by atoms with Gasteiger partial charge in [-0.25, -0.2) is 4.39 Å². The van der Waals surface area contributed by atoms with Gasteiger partial charge in [0.2, 0.25) is 0 Å². The Balaban J connectivity index is 2.15. The van der Waals surface area contributed by atoms with E-state index in [9.17, 15) is 4.39 Å². The van der Waals surface area contributed by atoms with Gasteiger partial charge in [-0.3, -0.25) is 4.90 Å². The van der Waals surface area contributed by atoms with E-state index in [1.54, 1.807) is 6.07 Å². The van der Waals surface area contributed by atoms with Gasteiger partial charge in [0.25, 0.3) is 0 Å². The van der Waals surface area contributed by atoms with E-state index in [-0.39, 0.29) is 11.9 Å². The SMILES string of the molecule is CCCN1CCN(c2cccc(F)c2C(C)NC)CC1. The lowest BCUT2D eigenvalue weighted by Gasteiger charge is -2.37. The van der Waals surface area contributed by atoms with Gasteiger partial charge in [0, 0.05) is 43.5 Å². The minimum atomic E-state index is -0.111. The Morgan fingerprint density at radius 1 is 1.25 bits per heavy atom. The van der Waals surface area contributed by atoms with Crippen LogP contribution in [0.3, 0.4) is 0 Å². The molecule has 1 saturated heterocycles. The summed E-state index contributed by atoms with van der Waals surface area (Å²) < 4.78 is 14.2. The number of nitrogens with one attached hydrogen (secondary N) is 1. The molecule has 20 heavy (non-hydrogen) atoms. The predicted octanol–water partition coefficient (Wildman–Crippen LogP) is 2.64. The van der Waals surface area contributed by atoms with Crippen molar-refractivity contribution in [1.82, 2.24) is 10.2 Å². The van der Waals surface area contributed by atoms with Gasteiger partial charge in [0.05, 0.1) is 0 Å². The van der Waals surface area contributed by atoms with E-state index in [0.29, 0.717) is 0 Å². The summed E-state index contributed by atoms with van der Waals surface area (Å²) >= 11 is 0. The van der Waals surface area contributed by atoms with E-state index >= 15 is 0 Å². The molecule has 0 radical (unpaired) electrons. The number of rotatable bonds is 5. The van der Waals surface area contributed by atoms with Crippen LogP contribution in [0.5, 0.6) is 0 Å². The molecule has 1 fully saturated rings. The number of anilines is 1. The fraction of sp³-hybridized carbons (Fsp3) is 0.625. The highest BCUT2D eigenvalue weighted by Crippen LogP contribution is 2.29. The molecule has 1 unspecified atom stereocenters. The number of hydrogen-bond acceptors (Lipinski definition) is 3. The molecular weight excluding hydrogens is 253 g/mol. The first kappa shape index (κ1) is 15.3. The maximum atomic E-state index is 14.2. The van der Waals surface area contributed by atoms with Crippen molar-refractivity contribution in [2.24, 2.45) is 0 Å². The van der Waals surface area contributed by atoms with Crippen LogP contribution < -0.4 is 10.2 Å². The Bertz CT molecular complexity index is 428. The van der Waals surface area contributed by atoms with Gasteiger partial charge in [-0.15, -0.1) is 0 Å². The average molecular weight is 279 g/mol. The second kappa shape index (κ2) is 7.04. The van der Waals surface area contributed by atoms with Gasteiger partial charge in [0.1, 0.15) is 5.82 Å². The van der Waals surface area contributed by atoms with Crippen LogP contribution in [0.25, 0.3) is 0 Å². The molecule has 1 aliphatic rings. The standard InChI is InChI=1S/C16H26FN3/c1-4-8-19-9-11-20(12-10-19)15-7-5-6-14(17)16(15)13(2)18-3/h5-7,13,18H,4,8-12H2,1-3H3. The van der Waals surface area contributed by atoms with Gasteiger partial charge in [-0.05, 0) is 39.1 Å². The van der Waals surface area contributed by atoms with Crippen LogP contribution in [-0.2, 0) is 0 Å². The van der Waals surface area contributed by atoms with Crippen LogP contribution in [0.15, 0.2) is 18.2 Å². The Hall–Kier alpha value is -1.13. The van der Waals surface area contributed by atoms with Crippen LogP contribution in [0.1, 0.15) is 31.9 Å². The average Bonchev–Trinajstić information content (AvgIpc) is 2.47. The van der Waals surface area contributed by atoms with Crippen LogP contribution in [-0.4, -0.2) is 44.7 Å². The highest BCUT2D eigenvalue weighted by Gasteiger charge is 2.22. The van der Waals surface area contributed by atoms with E-state index in [1.165, 1.54) is 6.42 Å². The third kappa shape index (κ3) is 3.30. The summed E-state index contributed by atoms with van der Waals surface area (Å²) in [6.07, 6.45) is 1.20. The summed E-state index contributed by atoms with van der Waals surface area (Å²) in [6.45, 7) is 9.48. The van der Waals surface area contributed by atoms with E-state index < -0.39 is 0 Å². The maximum absolute atomic E-state index is 14.2. The highest BCUT2D eigenvalue weighted by atomic mass is 19.1. The summed E-state index contributed by atoms with van der Waals surface area (Å²) in [4.78, 5) is 4.80. The van der Waals surface area contributed by atoms with Crippen molar-refractivity contribution in [3.05, 3.63) is 29.6 Å². The van der Waals surface area contributed by atoms with E-state index in [1.807, 2.05) is 26.1 Å². The molecule has 0 amide bonds. The summed E-state index contributed by atoms with van der Waals surface area (Å²) in [5, 5.41) is 3.15. The molecule has 1 aromatic carbocycles. The Morgan fingerprint density at radius 2 is 1.95 bits per heavy atom. The fourth-order valence-corrected chi connectivity index (χ4v) is 2.90. The molecule has 4 heteroatoms. The molecular formula is C16H26FN3. The van der Waals surface area contributed by atoms with Gasteiger partial charge in [-0.1, -0.05) is 13.0 Å². The van der Waals surface area contributed by atoms with Crippen molar-refractivity contribution in [3.63, 3.8) is 0 Å². The lowest BCUT2D eigenvalue weighted by Crippen LogP contribution is -2.47. The summed E-state index contributed by atoms with van der Waals surface area (Å²) in [6, 6.07) is 5.44. The third-order valence-corrected chi connectivity index (χ3v) is 4.15. The molecule has 2 rings (SSSR count). The minimum absolute atomic E-state index is 0.0277. The Morgan fingerprint density at radius 3 is 2.55 bits per heavy atom. The second-order valence-corrected chi connectivity index (χ2v) is 5.51. The van der Waals surface area contributed by atoms with Crippen LogP contribution >= 0.6 is 0 Å². The van der Waals surface area contributed by atoms with Crippen LogP contribution in [0, 0.1) is 5.82 Å². The molecule has 1 aliphatic heterocycles. The van der Waals surface area contributed by atoms with Gasteiger partial charge >= 0.3 is 0 Å². The topological polar surface area (TPSA) is 18.5 Å². The van der Waals surface area contributed by atoms with Gasteiger partial charge in [0.15, 0.2) is 0 Å². The number of halogens is 1. The van der Waals surface area contributed by atoms with Crippen molar-refractivity contribution >= 4 is 5.69 Å². The lowest BCUT2D eigenvalue weighted by atomic mass is 10.0.